The van der Waals surface area contributed by atoms with Gasteiger partial charge in [-0.2, -0.15) is 0 Å². The van der Waals surface area contributed by atoms with E-state index in [1.54, 1.807) is 66.1 Å². The third kappa shape index (κ3) is 5.06. The van der Waals surface area contributed by atoms with Crippen LogP contribution in [0, 0.1) is 0 Å². The van der Waals surface area contributed by atoms with Crippen molar-refractivity contribution < 1.29 is 18.4 Å². The Balaban J connectivity index is 1.74. The summed E-state index contributed by atoms with van der Waals surface area (Å²) in [4.78, 5) is 12.0. The second kappa shape index (κ2) is 9.46. The van der Waals surface area contributed by atoms with Crippen molar-refractivity contribution in [2.24, 2.45) is 0 Å². The zero-order valence-electron chi connectivity index (χ0n) is 17.2. The van der Waals surface area contributed by atoms with Crippen LogP contribution >= 0.6 is 11.6 Å². The second-order valence-corrected chi connectivity index (χ2v) is 9.30. The van der Waals surface area contributed by atoms with Gasteiger partial charge in [-0.1, -0.05) is 72.3 Å². The van der Waals surface area contributed by atoms with E-state index in [0.717, 1.165) is 10.8 Å². The van der Waals surface area contributed by atoms with Gasteiger partial charge >= 0.3 is 0 Å². The summed E-state index contributed by atoms with van der Waals surface area (Å²) < 4.78 is 28.7. The average molecular weight is 479 g/mol. The number of nitrogens with one attached hydrogen (secondary N) is 2. The zero-order valence-corrected chi connectivity index (χ0v) is 18.8. The topological polar surface area (TPSA) is 95.5 Å². The first-order valence-electron chi connectivity index (χ1n) is 9.90. The molecule has 0 aliphatic carbocycles. The second-order valence-electron chi connectivity index (χ2n) is 7.21. The molecule has 0 aromatic heterocycles. The average Bonchev–Trinajstić information content (AvgIpc) is 2.83. The smallest absolute Gasteiger partial charge is 0.267 e. The Bertz CT molecular complexity index is 1470. The third-order valence-corrected chi connectivity index (χ3v) is 6.72. The van der Waals surface area contributed by atoms with Gasteiger partial charge in [0.15, 0.2) is 0 Å². The Morgan fingerprint density at radius 3 is 2.27 bits per heavy atom. The molecule has 8 heteroatoms. The number of benzene rings is 4. The molecule has 6 nitrogen and oxygen atoms in total. The van der Waals surface area contributed by atoms with E-state index in [9.17, 15) is 13.2 Å². The molecule has 0 saturated carbocycles. The van der Waals surface area contributed by atoms with Crippen LogP contribution in [0.25, 0.3) is 16.3 Å². The first-order chi connectivity index (χ1) is 15.9. The van der Waals surface area contributed by atoms with Crippen molar-refractivity contribution in [3.8, 4) is 0 Å². The van der Waals surface area contributed by atoms with E-state index in [2.05, 4.69) is 4.72 Å². The number of hydrogen-bond acceptors (Lipinski definition) is 4. The predicted octanol–water partition coefficient (Wildman–Crippen LogP) is 5.23. The van der Waals surface area contributed by atoms with Gasteiger partial charge in [0, 0.05) is 22.3 Å². The van der Waals surface area contributed by atoms with E-state index in [1.807, 2.05) is 30.3 Å². The number of carbonyl (C=O) groups excluding carboxylic acids is 1. The maximum atomic E-state index is 13.0. The molecule has 166 valence electrons. The van der Waals surface area contributed by atoms with Gasteiger partial charge in [-0.3, -0.25) is 14.7 Å². The summed E-state index contributed by atoms with van der Waals surface area (Å²) in [6, 6.07) is 26.0. The van der Waals surface area contributed by atoms with Gasteiger partial charge in [-0.05, 0) is 52.2 Å². The van der Waals surface area contributed by atoms with Crippen molar-refractivity contribution in [3.05, 3.63) is 113 Å². The number of amides is 1. The van der Waals surface area contributed by atoms with Crippen LogP contribution in [0.2, 0.25) is 5.02 Å². The van der Waals surface area contributed by atoms with Crippen molar-refractivity contribution in [2.75, 3.05) is 4.72 Å². The van der Waals surface area contributed by atoms with Crippen LogP contribution in [0.1, 0.15) is 11.1 Å². The van der Waals surface area contributed by atoms with Gasteiger partial charge in [0.2, 0.25) is 0 Å². The van der Waals surface area contributed by atoms with Gasteiger partial charge in [-0.15, -0.1) is 0 Å². The Hall–Kier alpha value is -3.65. The van der Waals surface area contributed by atoms with Crippen molar-refractivity contribution >= 4 is 49.6 Å². The number of halogens is 1. The number of hydrogen-bond donors (Lipinski definition) is 3. The molecule has 3 N–H and O–H groups in total. The SMILES string of the molecule is O=C(/C=C(/c1ccccc1)c1cc(NS(=O)(=O)c2ccc3ccccc3c2)ccc1Cl)NO. The lowest BCUT2D eigenvalue weighted by Crippen LogP contribution is -2.16. The van der Waals surface area contributed by atoms with Gasteiger partial charge in [-0.25, -0.2) is 13.9 Å². The lowest BCUT2D eigenvalue weighted by Gasteiger charge is -2.14. The molecule has 4 aromatic rings. The number of sulfonamides is 1. The molecule has 0 saturated heterocycles. The molecule has 1 amide bonds. The van der Waals surface area contributed by atoms with Crippen LogP contribution in [0.15, 0.2) is 102 Å². The number of fused-ring (bicyclic) bond motifs is 1. The zero-order chi connectivity index (χ0) is 23.4. The highest BCUT2D eigenvalue weighted by Gasteiger charge is 2.17. The van der Waals surface area contributed by atoms with Crippen LogP contribution in [0.4, 0.5) is 5.69 Å². The van der Waals surface area contributed by atoms with Crippen molar-refractivity contribution in [1.82, 2.24) is 5.48 Å². The minimum Gasteiger partial charge on any atom is -0.288 e. The molecule has 0 spiro atoms. The first kappa shape index (κ1) is 22.5. The fourth-order valence-corrected chi connectivity index (χ4v) is 4.75. The van der Waals surface area contributed by atoms with Crippen LogP contribution in [-0.4, -0.2) is 19.5 Å². The maximum absolute atomic E-state index is 13.0. The summed E-state index contributed by atoms with van der Waals surface area (Å²) in [5, 5.41) is 11.0. The van der Waals surface area contributed by atoms with Crippen molar-refractivity contribution in [1.29, 1.82) is 0 Å². The highest BCUT2D eigenvalue weighted by Crippen LogP contribution is 2.32. The van der Waals surface area contributed by atoms with E-state index in [-0.39, 0.29) is 10.6 Å². The van der Waals surface area contributed by atoms with Gasteiger partial charge in [0.25, 0.3) is 15.9 Å². The molecule has 0 aliphatic heterocycles. The maximum Gasteiger partial charge on any atom is 0.267 e. The minimum atomic E-state index is -3.88. The Kier molecular flexibility index (Phi) is 6.46. The molecule has 0 radical (unpaired) electrons. The van der Waals surface area contributed by atoms with E-state index >= 15 is 0 Å². The molecule has 0 atom stereocenters. The van der Waals surface area contributed by atoms with Crippen LogP contribution in [-0.2, 0) is 14.8 Å². The normalized spacial score (nSPS) is 11.9. The van der Waals surface area contributed by atoms with Crippen molar-refractivity contribution in [3.63, 3.8) is 0 Å². The Labute approximate surface area is 196 Å². The third-order valence-electron chi connectivity index (χ3n) is 5.01. The van der Waals surface area contributed by atoms with E-state index in [4.69, 9.17) is 16.8 Å². The molecular weight excluding hydrogens is 460 g/mol. The summed E-state index contributed by atoms with van der Waals surface area (Å²) in [7, 11) is -3.88. The standard InChI is InChI=1S/C25H19ClN2O4S/c26-24-13-11-20(15-23(24)22(16-25(29)27-30)18-7-2-1-3-8-18)28-33(31,32)21-12-10-17-6-4-5-9-19(17)14-21/h1-16,28,30H,(H,27,29)/b22-16-. The largest absolute Gasteiger partial charge is 0.288 e. The van der Waals surface area contributed by atoms with Gasteiger partial charge < -0.3 is 0 Å². The monoisotopic (exact) mass is 478 g/mol. The van der Waals surface area contributed by atoms with Gasteiger partial charge in [0.05, 0.1) is 4.90 Å². The van der Waals surface area contributed by atoms with E-state index in [0.29, 0.717) is 21.7 Å². The van der Waals surface area contributed by atoms with Crippen molar-refractivity contribution in [2.45, 2.75) is 4.90 Å². The number of carbonyl (C=O) groups is 1. The lowest BCUT2D eigenvalue weighted by atomic mass is 9.97. The fraction of sp³-hybridized carbons (Fsp3) is 0. The number of hydroxylamine groups is 1. The highest BCUT2D eigenvalue weighted by molar-refractivity contribution is 7.92. The van der Waals surface area contributed by atoms with Crippen LogP contribution in [0.3, 0.4) is 0 Å². The number of anilines is 1. The number of rotatable bonds is 6. The van der Waals surface area contributed by atoms with E-state index in [1.165, 1.54) is 6.08 Å². The molecule has 0 aliphatic rings. The molecular formula is C25H19ClN2O4S. The molecule has 4 rings (SSSR count). The lowest BCUT2D eigenvalue weighted by molar-refractivity contribution is -0.124. The molecule has 33 heavy (non-hydrogen) atoms. The molecule has 0 bridgehead atoms. The quantitative estimate of drug-likeness (QED) is 0.201. The summed E-state index contributed by atoms with van der Waals surface area (Å²) in [5.41, 5.74) is 3.35. The Morgan fingerprint density at radius 2 is 1.55 bits per heavy atom. The van der Waals surface area contributed by atoms with Crippen LogP contribution in [0.5, 0.6) is 0 Å². The summed E-state index contributed by atoms with van der Waals surface area (Å²) in [6.07, 6.45) is 1.19. The predicted molar refractivity (Wildman–Crippen MR) is 130 cm³/mol. The fourth-order valence-electron chi connectivity index (χ4n) is 3.44. The molecule has 4 aromatic carbocycles. The molecule has 0 fully saturated rings. The Morgan fingerprint density at radius 1 is 0.848 bits per heavy atom. The molecule has 0 heterocycles. The highest BCUT2D eigenvalue weighted by atomic mass is 35.5. The summed E-state index contributed by atoms with van der Waals surface area (Å²) in [5.74, 6) is -0.743. The minimum absolute atomic E-state index is 0.121. The molecule has 0 unspecified atom stereocenters. The van der Waals surface area contributed by atoms with E-state index < -0.39 is 15.9 Å². The van der Waals surface area contributed by atoms with Gasteiger partial charge in [0.1, 0.15) is 0 Å². The van der Waals surface area contributed by atoms with Crippen LogP contribution < -0.4 is 10.2 Å². The summed E-state index contributed by atoms with van der Waals surface area (Å²) in [6.45, 7) is 0. The summed E-state index contributed by atoms with van der Waals surface area (Å²) >= 11 is 6.41. The first-order valence-corrected chi connectivity index (χ1v) is 11.8.